The minimum Gasteiger partial charge on any atom is -0.376 e. The number of rotatable bonds is 6. The van der Waals surface area contributed by atoms with E-state index in [1.807, 2.05) is 16.9 Å². The van der Waals surface area contributed by atoms with Gasteiger partial charge in [-0.05, 0) is 44.8 Å². The second kappa shape index (κ2) is 8.62. The molecule has 3 rings (SSSR count). The SMILES string of the molecule is O=C(NCCOC1CCCCCC1)C1(n2cccn2)CCNCC1. The number of amides is 1. The Morgan fingerprint density at radius 2 is 2.00 bits per heavy atom. The van der Waals surface area contributed by atoms with Gasteiger partial charge in [-0.3, -0.25) is 9.48 Å². The van der Waals surface area contributed by atoms with Crippen LogP contribution in [0.2, 0.25) is 0 Å². The number of aromatic nitrogens is 2. The van der Waals surface area contributed by atoms with Crippen LogP contribution >= 0.6 is 0 Å². The van der Waals surface area contributed by atoms with Crippen molar-refractivity contribution in [2.45, 2.75) is 63.0 Å². The molecule has 1 aliphatic heterocycles. The van der Waals surface area contributed by atoms with E-state index in [0.29, 0.717) is 19.3 Å². The van der Waals surface area contributed by atoms with E-state index in [1.54, 1.807) is 6.20 Å². The van der Waals surface area contributed by atoms with E-state index in [4.69, 9.17) is 4.74 Å². The molecule has 1 aromatic rings. The highest BCUT2D eigenvalue weighted by atomic mass is 16.5. The Balaban J connectivity index is 1.49. The zero-order chi connectivity index (χ0) is 16.7. The molecule has 6 nitrogen and oxygen atoms in total. The Morgan fingerprint density at radius 3 is 2.67 bits per heavy atom. The zero-order valence-electron chi connectivity index (χ0n) is 14.5. The van der Waals surface area contributed by atoms with Crippen molar-refractivity contribution >= 4 is 5.91 Å². The third kappa shape index (κ3) is 4.16. The van der Waals surface area contributed by atoms with E-state index in [9.17, 15) is 4.79 Å². The molecule has 1 aliphatic carbocycles. The van der Waals surface area contributed by atoms with Crippen LogP contribution in [0, 0.1) is 0 Å². The molecule has 6 heteroatoms. The lowest BCUT2D eigenvalue weighted by Gasteiger charge is -2.36. The van der Waals surface area contributed by atoms with Crippen LogP contribution < -0.4 is 10.6 Å². The fraction of sp³-hybridized carbons (Fsp3) is 0.778. The highest BCUT2D eigenvalue weighted by Gasteiger charge is 2.41. The molecule has 1 aromatic heterocycles. The first-order chi connectivity index (χ1) is 11.8. The predicted octanol–water partition coefficient (Wildman–Crippen LogP) is 1.82. The van der Waals surface area contributed by atoms with Crippen molar-refractivity contribution in [3.63, 3.8) is 0 Å². The lowest BCUT2D eigenvalue weighted by Crippen LogP contribution is -2.55. The number of carbonyl (C=O) groups is 1. The van der Waals surface area contributed by atoms with E-state index in [2.05, 4.69) is 15.7 Å². The highest BCUT2D eigenvalue weighted by Crippen LogP contribution is 2.27. The summed E-state index contributed by atoms with van der Waals surface area (Å²) in [5.41, 5.74) is -0.558. The average Bonchev–Trinajstić information content (AvgIpc) is 3.04. The van der Waals surface area contributed by atoms with Crippen LogP contribution in [0.15, 0.2) is 18.5 Å². The third-order valence-electron chi connectivity index (χ3n) is 5.34. The molecule has 134 valence electrons. The molecule has 0 radical (unpaired) electrons. The minimum atomic E-state index is -0.558. The van der Waals surface area contributed by atoms with Crippen LogP contribution in [0.5, 0.6) is 0 Å². The third-order valence-corrected chi connectivity index (χ3v) is 5.34. The Hall–Kier alpha value is -1.40. The number of nitrogens with one attached hydrogen (secondary N) is 2. The van der Waals surface area contributed by atoms with Gasteiger partial charge in [-0.1, -0.05) is 25.7 Å². The normalized spacial score (nSPS) is 22.0. The van der Waals surface area contributed by atoms with Crippen molar-refractivity contribution in [3.05, 3.63) is 18.5 Å². The molecule has 2 N–H and O–H groups in total. The molecular formula is C18H30N4O2. The predicted molar refractivity (Wildman–Crippen MR) is 92.8 cm³/mol. The van der Waals surface area contributed by atoms with Gasteiger partial charge in [0.05, 0.1) is 12.7 Å². The van der Waals surface area contributed by atoms with Crippen LogP contribution in [0.3, 0.4) is 0 Å². The molecule has 2 aliphatic rings. The highest BCUT2D eigenvalue weighted by molar-refractivity contribution is 5.84. The van der Waals surface area contributed by atoms with E-state index >= 15 is 0 Å². The Kier molecular flexibility index (Phi) is 6.26. The maximum atomic E-state index is 12.9. The summed E-state index contributed by atoms with van der Waals surface area (Å²) in [6.45, 7) is 2.85. The van der Waals surface area contributed by atoms with Gasteiger partial charge in [-0.15, -0.1) is 0 Å². The first kappa shape index (κ1) is 17.4. The average molecular weight is 334 g/mol. The lowest BCUT2D eigenvalue weighted by molar-refractivity contribution is -0.132. The quantitative estimate of drug-likeness (QED) is 0.615. The van der Waals surface area contributed by atoms with Gasteiger partial charge >= 0.3 is 0 Å². The number of piperidine rings is 1. The second-order valence-corrected chi connectivity index (χ2v) is 6.97. The summed E-state index contributed by atoms with van der Waals surface area (Å²) >= 11 is 0. The van der Waals surface area contributed by atoms with Crippen molar-refractivity contribution in [2.75, 3.05) is 26.2 Å². The molecule has 0 bridgehead atoms. The van der Waals surface area contributed by atoms with Gasteiger partial charge in [-0.2, -0.15) is 5.10 Å². The summed E-state index contributed by atoms with van der Waals surface area (Å²) in [6, 6.07) is 1.88. The maximum Gasteiger partial charge on any atom is 0.248 e. The standard InChI is InChI=1S/C18H30N4O2/c23-17(20-13-15-24-16-6-3-1-2-4-7-16)18(8-11-19-12-9-18)22-14-5-10-21-22/h5,10,14,16,19H,1-4,6-9,11-13,15H2,(H,20,23). The van der Waals surface area contributed by atoms with Gasteiger partial charge in [0.2, 0.25) is 5.91 Å². The summed E-state index contributed by atoms with van der Waals surface area (Å²) in [7, 11) is 0. The van der Waals surface area contributed by atoms with Crippen LogP contribution in [0.25, 0.3) is 0 Å². The number of hydrogen-bond acceptors (Lipinski definition) is 4. The maximum absolute atomic E-state index is 12.9. The smallest absolute Gasteiger partial charge is 0.248 e. The Morgan fingerprint density at radius 1 is 1.25 bits per heavy atom. The van der Waals surface area contributed by atoms with Gasteiger partial charge in [0.15, 0.2) is 0 Å². The van der Waals surface area contributed by atoms with E-state index in [1.165, 1.54) is 25.7 Å². The molecule has 0 unspecified atom stereocenters. The van der Waals surface area contributed by atoms with E-state index in [-0.39, 0.29) is 5.91 Å². The van der Waals surface area contributed by atoms with Crippen molar-refractivity contribution in [1.29, 1.82) is 0 Å². The topological polar surface area (TPSA) is 68.2 Å². The summed E-state index contributed by atoms with van der Waals surface area (Å²) in [6.07, 6.45) is 13.1. The molecular weight excluding hydrogens is 304 g/mol. The second-order valence-electron chi connectivity index (χ2n) is 6.97. The molecule has 24 heavy (non-hydrogen) atoms. The van der Waals surface area contributed by atoms with Gasteiger partial charge in [0.1, 0.15) is 5.54 Å². The molecule has 1 saturated heterocycles. The van der Waals surface area contributed by atoms with Crippen molar-refractivity contribution < 1.29 is 9.53 Å². The molecule has 2 heterocycles. The number of hydrogen-bond donors (Lipinski definition) is 2. The van der Waals surface area contributed by atoms with Crippen molar-refractivity contribution in [2.24, 2.45) is 0 Å². The monoisotopic (exact) mass is 334 g/mol. The lowest BCUT2D eigenvalue weighted by atomic mass is 9.87. The van der Waals surface area contributed by atoms with Gasteiger partial charge in [-0.25, -0.2) is 0 Å². The number of nitrogens with zero attached hydrogens (tertiary/aromatic N) is 2. The van der Waals surface area contributed by atoms with Crippen molar-refractivity contribution in [3.8, 4) is 0 Å². The van der Waals surface area contributed by atoms with Gasteiger partial charge in [0.25, 0.3) is 0 Å². The fourth-order valence-electron chi connectivity index (χ4n) is 3.89. The van der Waals surface area contributed by atoms with E-state index < -0.39 is 5.54 Å². The molecule has 1 saturated carbocycles. The number of ether oxygens (including phenoxy) is 1. The molecule has 1 amide bonds. The van der Waals surface area contributed by atoms with Gasteiger partial charge in [0, 0.05) is 18.9 Å². The van der Waals surface area contributed by atoms with Crippen molar-refractivity contribution in [1.82, 2.24) is 20.4 Å². The summed E-state index contributed by atoms with van der Waals surface area (Å²) in [4.78, 5) is 12.9. The minimum absolute atomic E-state index is 0.0668. The van der Waals surface area contributed by atoms with E-state index in [0.717, 1.165) is 38.8 Å². The van der Waals surface area contributed by atoms with Crippen LogP contribution in [-0.2, 0) is 15.1 Å². The fourth-order valence-corrected chi connectivity index (χ4v) is 3.89. The summed E-state index contributed by atoms with van der Waals surface area (Å²) in [5.74, 6) is 0.0668. The largest absolute Gasteiger partial charge is 0.376 e. The molecule has 2 fully saturated rings. The molecule has 0 atom stereocenters. The molecule has 0 spiro atoms. The van der Waals surface area contributed by atoms with Gasteiger partial charge < -0.3 is 15.4 Å². The summed E-state index contributed by atoms with van der Waals surface area (Å²) < 4.78 is 7.80. The summed E-state index contributed by atoms with van der Waals surface area (Å²) in [5, 5.41) is 10.8. The first-order valence-corrected chi connectivity index (χ1v) is 9.42. The van der Waals surface area contributed by atoms with Crippen LogP contribution in [0.1, 0.15) is 51.4 Å². The molecule has 0 aromatic carbocycles. The first-order valence-electron chi connectivity index (χ1n) is 9.42. The Bertz CT molecular complexity index is 489. The van der Waals surface area contributed by atoms with Crippen LogP contribution in [-0.4, -0.2) is 48.0 Å². The van der Waals surface area contributed by atoms with Crippen LogP contribution in [0.4, 0.5) is 0 Å². The number of carbonyl (C=O) groups excluding carboxylic acids is 1. The zero-order valence-corrected chi connectivity index (χ0v) is 14.5. The Labute approximate surface area is 144 Å².